The van der Waals surface area contributed by atoms with E-state index in [2.05, 4.69) is 59.5 Å². The quantitative estimate of drug-likeness (QED) is 0.457. The Bertz CT molecular complexity index is 974. The van der Waals surface area contributed by atoms with Crippen molar-refractivity contribution in [2.75, 3.05) is 6.54 Å². The number of rotatable bonds is 5. The Hall–Kier alpha value is -2.71. The lowest BCUT2D eigenvalue weighted by Gasteiger charge is -2.52. The summed E-state index contributed by atoms with van der Waals surface area (Å²) in [6, 6.07) is 30.0. The Morgan fingerprint density at radius 2 is 1.30 bits per heavy atom. The molecular weight excluding hydrogens is 366 g/mol. The van der Waals surface area contributed by atoms with Crippen molar-refractivity contribution in [3.05, 3.63) is 96.1 Å². The van der Waals surface area contributed by atoms with Gasteiger partial charge in [-0.1, -0.05) is 104 Å². The lowest BCUT2D eigenvalue weighted by Crippen LogP contribution is -2.57. The van der Waals surface area contributed by atoms with Crippen LogP contribution < -0.4 is 0 Å². The van der Waals surface area contributed by atoms with Crippen LogP contribution in [0.4, 0.5) is 0 Å². The molecule has 1 heterocycles. The van der Waals surface area contributed by atoms with Gasteiger partial charge in [-0.05, 0) is 29.5 Å². The van der Waals surface area contributed by atoms with Crippen LogP contribution in [-0.2, 0) is 0 Å². The van der Waals surface area contributed by atoms with Crippen molar-refractivity contribution in [3.8, 4) is 11.1 Å². The minimum absolute atomic E-state index is 0.0527. The fraction of sp³-hybridized carbons (Fsp3) is 0.321. The summed E-state index contributed by atoms with van der Waals surface area (Å²) in [6.45, 7) is 0.892. The fourth-order valence-corrected chi connectivity index (χ4v) is 5.29. The van der Waals surface area contributed by atoms with E-state index in [-0.39, 0.29) is 17.7 Å². The zero-order valence-corrected chi connectivity index (χ0v) is 17.4. The minimum atomic E-state index is 0.0527. The third-order valence-electron chi connectivity index (χ3n) is 6.94. The van der Waals surface area contributed by atoms with Crippen LogP contribution in [0.25, 0.3) is 11.1 Å². The number of carbonyl (C=O) groups excluding carboxylic acids is 1. The van der Waals surface area contributed by atoms with E-state index in [4.69, 9.17) is 0 Å². The molecule has 1 aliphatic carbocycles. The van der Waals surface area contributed by atoms with Gasteiger partial charge in [0, 0.05) is 24.2 Å². The van der Waals surface area contributed by atoms with Gasteiger partial charge in [-0.15, -0.1) is 0 Å². The van der Waals surface area contributed by atoms with Gasteiger partial charge in [-0.25, -0.2) is 0 Å². The maximum atomic E-state index is 13.5. The van der Waals surface area contributed by atoms with Gasteiger partial charge >= 0.3 is 0 Å². The molecule has 0 amide bonds. The molecule has 2 aliphatic rings. The average molecular weight is 396 g/mol. The number of hydrogen-bond donors (Lipinski definition) is 0. The molecule has 1 aliphatic heterocycles. The van der Waals surface area contributed by atoms with Crippen molar-refractivity contribution < 1.29 is 4.79 Å². The third kappa shape index (κ3) is 3.73. The molecule has 152 valence electrons. The first kappa shape index (κ1) is 19.3. The van der Waals surface area contributed by atoms with Crippen LogP contribution in [0.5, 0.6) is 0 Å². The molecule has 5 rings (SSSR count). The molecule has 2 fully saturated rings. The van der Waals surface area contributed by atoms with Crippen molar-refractivity contribution in [1.82, 2.24) is 4.90 Å². The summed E-state index contributed by atoms with van der Waals surface area (Å²) in [6.07, 6.45) is 6.55. The Balaban J connectivity index is 1.37. The van der Waals surface area contributed by atoms with Crippen molar-refractivity contribution in [1.29, 1.82) is 0 Å². The van der Waals surface area contributed by atoms with Gasteiger partial charge < -0.3 is 0 Å². The maximum Gasteiger partial charge on any atom is 0.169 e. The zero-order valence-electron chi connectivity index (χ0n) is 17.4. The fourth-order valence-electron chi connectivity index (χ4n) is 5.29. The highest BCUT2D eigenvalue weighted by atomic mass is 16.1. The van der Waals surface area contributed by atoms with E-state index in [9.17, 15) is 4.79 Å². The Morgan fingerprint density at radius 1 is 0.700 bits per heavy atom. The van der Waals surface area contributed by atoms with Gasteiger partial charge in [-0.2, -0.15) is 0 Å². The van der Waals surface area contributed by atoms with Crippen LogP contribution in [0.3, 0.4) is 0 Å². The molecule has 0 bridgehead atoms. The molecular formula is C28H29NO. The average Bonchev–Trinajstić information content (AvgIpc) is 2.80. The van der Waals surface area contributed by atoms with Gasteiger partial charge in [0.05, 0.1) is 5.92 Å². The Labute approximate surface area is 179 Å². The first-order chi connectivity index (χ1) is 14.8. The van der Waals surface area contributed by atoms with E-state index in [1.165, 1.54) is 43.2 Å². The standard InChI is InChI=1S/C28H29NO/c30-28(24-18-16-22(17-19-24)21-10-4-1-5-11-21)26-20-29(25-14-8-3-9-15-25)27(26)23-12-6-2-7-13-23/h1-2,4-7,10-13,16-19,25-27H,3,8-9,14-15,20H2/t26-,27-/m1/s1. The van der Waals surface area contributed by atoms with E-state index in [1.807, 2.05) is 30.3 Å². The molecule has 30 heavy (non-hydrogen) atoms. The maximum absolute atomic E-state index is 13.5. The number of hydrogen-bond acceptors (Lipinski definition) is 2. The van der Waals surface area contributed by atoms with E-state index in [0.29, 0.717) is 6.04 Å². The van der Waals surface area contributed by atoms with Crippen LogP contribution in [-0.4, -0.2) is 23.3 Å². The second-order valence-electron chi connectivity index (χ2n) is 8.76. The van der Waals surface area contributed by atoms with E-state index in [1.54, 1.807) is 0 Å². The molecule has 0 N–H and O–H groups in total. The molecule has 0 aromatic heterocycles. The normalized spacial score (nSPS) is 22.4. The molecule has 0 spiro atoms. The summed E-state index contributed by atoms with van der Waals surface area (Å²) in [7, 11) is 0. The number of carbonyl (C=O) groups is 1. The van der Waals surface area contributed by atoms with Crippen LogP contribution >= 0.6 is 0 Å². The monoisotopic (exact) mass is 395 g/mol. The second-order valence-corrected chi connectivity index (χ2v) is 8.76. The van der Waals surface area contributed by atoms with Gasteiger partial charge in [0.2, 0.25) is 0 Å². The highest BCUT2D eigenvalue weighted by molar-refractivity contribution is 5.99. The summed E-state index contributed by atoms with van der Waals surface area (Å²) >= 11 is 0. The van der Waals surface area contributed by atoms with Gasteiger partial charge in [0.25, 0.3) is 0 Å². The number of Topliss-reactive ketones (excluding diaryl/α,β-unsaturated/α-hetero) is 1. The van der Waals surface area contributed by atoms with Crippen LogP contribution in [0, 0.1) is 5.92 Å². The van der Waals surface area contributed by atoms with Crippen molar-refractivity contribution in [2.45, 2.75) is 44.2 Å². The van der Waals surface area contributed by atoms with E-state index in [0.717, 1.165) is 17.7 Å². The molecule has 1 saturated heterocycles. The summed E-state index contributed by atoms with van der Waals surface area (Å²) in [5, 5.41) is 0. The molecule has 2 atom stereocenters. The number of ketones is 1. The Kier molecular flexibility index (Phi) is 5.50. The summed E-state index contributed by atoms with van der Waals surface area (Å²) < 4.78 is 0. The zero-order chi connectivity index (χ0) is 20.3. The number of nitrogens with zero attached hydrogens (tertiary/aromatic N) is 1. The van der Waals surface area contributed by atoms with Crippen LogP contribution in [0.15, 0.2) is 84.9 Å². The predicted octanol–water partition coefficient (Wildman–Crippen LogP) is 6.54. The molecule has 0 unspecified atom stereocenters. The van der Waals surface area contributed by atoms with E-state index >= 15 is 0 Å². The van der Waals surface area contributed by atoms with Gasteiger partial charge in [0.1, 0.15) is 0 Å². The van der Waals surface area contributed by atoms with Crippen LogP contribution in [0.2, 0.25) is 0 Å². The molecule has 3 aromatic rings. The van der Waals surface area contributed by atoms with Gasteiger partial charge in [0.15, 0.2) is 5.78 Å². The SMILES string of the molecule is O=C(c1ccc(-c2ccccc2)cc1)[C@@H]1CN(C2CCCCC2)[C@@H]1c1ccccc1. The summed E-state index contributed by atoms with van der Waals surface area (Å²) in [5.41, 5.74) is 4.47. The third-order valence-corrected chi connectivity index (χ3v) is 6.94. The van der Waals surface area contributed by atoms with E-state index < -0.39 is 0 Å². The lowest BCUT2D eigenvalue weighted by molar-refractivity contribution is -0.0251. The Morgan fingerprint density at radius 3 is 1.97 bits per heavy atom. The van der Waals surface area contributed by atoms with Crippen molar-refractivity contribution >= 4 is 5.78 Å². The van der Waals surface area contributed by atoms with Gasteiger partial charge in [-0.3, -0.25) is 9.69 Å². The molecule has 1 saturated carbocycles. The second kappa shape index (κ2) is 8.57. The smallest absolute Gasteiger partial charge is 0.169 e. The summed E-state index contributed by atoms with van der Waals surface area (Å²) in [4.78, 5) is 16.1. The summed E-state index contributed by atoms with van der Waals surface area (Å²) in [5.74, 6) is 0.340. The largest absolute Gasteiger partial charge is 0.294 e. The first-order valence-electron chi connectivity index (χ1n) is 11.3. The molecule has 3 aromatic carbocycles. The highest BCUT2D eigenvalue weighted by Gasteiger charge is 2.47. The minimum Gasteiger partial charge on any atom is -0.294 e. The molecule has 2 heteroatoms. The predicted molar refractivity (Wildman–Crippen MR) is 122 cm³/mol. The van der Waals surface area contributed by atoms with Crippen molar-refractivity contribution in [3.63, 3.8) is 0 Å². The first-order valence-corrected chi connectivity index (χ1v) is 11.3. The molecule has 2 nitrogen and oxygen atoms in total. The van der Waals surface area contributed by atoms with Crippen LogP contribution in [0.1, 0.15) is 54.1 Å². The number of likely N-dealkylation sites (tertiary alicyclic amines) is 1. The molecule has 0 radical (unpaired) electrons. The highest BCUT2D eigenvalue weighted by Crippen LogP contribution is 2.44. The van der Waals surface area contributed by atoms with Crippen molar-refractivity contribution in [2.24, 2.45) is 5.92 Å². The lowest BCUT2D eigenvalue weighted by atomic mass is 9.76. The number of benzene rings is 3. The topological polar surface area (TPSA) is 20.3 Å².